The maximum Gasteiger partial charge on any atom is 0.185 e. The zero-order chi connectivity index (χ0) is 14.0. The van der Waals surface area contributed by atoms with Crippen molar-refractivity contribution in [2.75, 3.05) is 0 Å². The van der Waals surface area contributed by atoms with Gasteiger partial charge >= 0.3 is 0 Å². The lowest BCUT2D eigenvalue weighted by atomic mass is 10.1. The summed E-state index contributed by atoms with van der Waals surface area (Å²) in [6, 6.07) is 6.01. The van der Waals surface area contributed by atoms with Crippen LogP contribution in [0.2, 0.25) is 0 Å². The van der Waals surface area contributed by atoms with Crippen molar-refractivity contribution in [3.63, 3.8) is 0 Å². The van der Waals surface area contributed by atoms with Crippen LogP contribution in [0.15, 0.2) is 29.2 Å². The van der Waals surface area contributed by atoms with Crippen molar-refractivity contribution in [2.45, 2.75) is 50.1 Å². The Labute approximate surface area is 113 Å². The number of hydrogen-bond donors (Lipinski definition) is 0. The average molecular weight is 285 g/mol. The molecule has 0 aromatic heterocycles. The van der Waals surface area contributed by atoms with Gasteiger partial charge in [-0.3, -0.25) is 0 Å². The van der Waals surface area contributed by atoms with E-state index in [-0.39, 0.29) is 22.7 Å². The van der Waals surface area contributed by atoms with Gasteiger partial charge in [-0.25, -0.2) is 8.42 Å². The van der Waals surface area contributed by atoms with Crippen molar-refractivity contribution < 1.29 is 22.4 Å². The van der Waals surface area contributed by atoms with Gasteiger partial charge in [-0.15, -0.1) is 0 Å². The van der Waals surface area contributed by atoms with Crippen LogP contribution < -0.4 is 0 Å². The highest BCUT2D eigenvalue weighted by Crippen LogP contribution is 2.33. The maximum absolute atomic E-state index is 11.3. The second-order valence-electron chi connectivity index (χ2n) is 4.67. The molecular formula is C13H17O5S-. The van der Waals surface area contributed by atoms with E-state index in [1.165, 1.54) is 12.1 Å². The van der Waals surface area contributed by atoms with Gasteiger partial charge in [0, 0.05) is 5.56 Å². The third-order valence-electron chi connectivity index (χ3n) is 3.16. The van der Waals surface area contributed by atoms with Gasteiger partial charge in [0.25, 0.3) is 0 Å². The van der Waals surface area contributed by atoms with Crippen molar-refractivity contribution in [3.8, 4) is 0 Å². The molecule has 5 nitrogen and oxygen atoms in total. The molecule has 1 saturated heterocycles. The molecule has 0 aliphatic carbocycles. The van der Waals surface area contributed by atoms with Gasteiger partial charge in [0.15, 0.2) is 6.29 Å². The van der Waals surface area contributed by atoms with E-state index in [4.69, 9.17) is 9.47 Å². The maximum atomic E-state index is 11.3. The lowest BCUT2D eigenvalue weighted by Crippen LogP contribution is -2.32. The quantitative estimate of drug-likeness (QED) is 0.796. The van der Waals surface area contributed by atoms with Gasteiger partial charge in [-0.2, -0.15) is 0 Å². The first-order valence-corrected chi connectivity index (χ1v) is 7.68. The number of ether oxygens (including phenoxy) is 2. The summed E-state index contributed by atoms with van der Waals surface area (Å²) in [5, 5.41) is 0. The van der Waals surface area contributed by atoms with Crippen LogP contribution in [-0.4, -0.2) is 25.2 Å². The van der Waals surface area contributed by atoms with E-state index in [0.29, 0.717) is 0 Å². The zero-order valence-electron chi connectivity index (χ0n) is 10.9. The minimum Gasteiger partial charge on any atom is -0.744 e. The summed E-state index contributed by atoms with van der Waals surface area (Å²) in [4.78, 5) is -0.274. The first-order valence-electron chi connectivity index (χ1n) is 6.27. The smallest absolute Gasteiger partial charge is 0.185 e. The van der Waals surface area contributed by atoms with Gasteiger partial charge in [0.05, 0.1) is 17.1 Å². The van der Waals surface area contributed by atoms with Crippen molar-refractivity contribution in [3.05, 3.63) is 29.8 Å². The molecule has 1 aliphatic heterocycles. The van der Waals surface area contributed by atoms with E-state index in [1.54, 1.807) is 12.1 Å². The molecule has 0 spiro atoms. The van der Waals surface area contributed by atoms with Crippen LogP contribution in [0.25, 0.3) is 0 Å². The Morgan fingerprint density at radius 2 is 2.00 bits per heavy atom. The fourth-order valence-corrected chi connectivity index (χ4v) is 2.91. The van der Waals surface area contributed by atoms with Crippen LogP contribution >= 0.6 is 0 Å². The molecule has 0 radical (unpaired) electrons. The third kappa shape index (κ3) is 3.33. The molecule has 106 valence electrons. The largest absolute Gasteiger partial charge is 0.744 e. The highest BCUT2D eigenvalue weighted by molar-refractivity contribution is 7.85. The van der Waals surface area contributed by atoms with Crippen molar-refractivity contribution in [2.24, 2.45) is 0 Å². The molecular weight excluding hydrogens is 268 g/mol. The molecule has 1 fully saturated rings. The predicted octanol–water partition coefficient (Wildman–Crippen LogP) is 2.19. The van der Waals surface area contributed by atoms with Gasteiger partial charge in [-0.1, -0.05) is 25.1 Å². The monoisotopic (exact) mass is 285 g/mol. The van der Waals surface area contributed by atoms with Crippen LogP contribution in [0.3, 0.4) is 0 Å². The number of rotatable bonds is 3. The fourth-order valence-electron chi connectivity index (χ4n) is 2.21. The third-order valence-corrected chi connectivity index (χ3v) is 4.07. The van der Waals surface area contributed by atoms with Crippen LogP contribution in [0.1, 0.15) is 38.5 Å². The summed E-state index contributed by atoms with van der Waals surface area (Å²) in [6.07, 6.45) is 0.756. The summed E-state index contributed by atoms with van der Waals surface area (Å²) in [6.45, 7) is 3.91. The molecule has 1 heterocycles. The molecule has 1 aromatic rings. The van der Waals surface area contributed by atoms with Crippen molar-refractivity contribution in [1.82, 2.24) is 0 Å². The summed E-state index contributed by atoms with van der Waals surface area (Å²) < 4.78 is 45.1. The van der Waals surface area contributed by atoms with E-state index < -0.39 is 16.4 Å². The Balaban J connectivity index is 2.36. The van der Waals surface area contributed by atoms with Gasteiger partial charge in [0.1, 0.15) is 10.1 Å². The van der Waals surface area contributed by atoms with Crippen molar-refractivity contribution in [1.29, 1.82) is 0 Å². The lowest BCUT2D eigenvalue weighted by molar-refractivity contribution is -0.244. The van der Waals surface area contributed by atoms with Gasteiger partial charge in [0.2, 0.25) is 0 Å². The van der Waals surface area contributed by atoms with Crippen LogP contribution in [0.5, 0.6) is 0 Å². The second kappa shape index (κ2) is 5.58. The first kappa shape index (κ1) is 14.5. The molecule has 1 aliphatic rings. The van der Waals surface area contributed by atoms with E-state index >= 15 is 0 Å². The number of benzene rings is 1. The van der Waals surface area contributed by atoms with Crippen LogP contribution in [0, 0.1) is 0 Å². The highest BCUT2D eigenvalue weighted by atomic mass is 32.2. The molecule has 1 aromatic carbocycles. The Bertz CT molecular complexity index is 540. The fraction of sp³-hybridized carbons (Fsp3) is 0.538. The average Bonchev–Trinajstić information content (AvgIpc) is 2.37. The second-order valence-corrected chi connectivity index (χ2v) is 6.02. The Hall–Kier alpha value is -0.950. The van der Waals surface area contributed by atoms with E-state index in [9.17, 15) is 13.0 Å². The molecule has 0 saturated carbocycles. The molecule has 0 bridgehead atoms. The zero-order valence-corrected chi connectivity index (χ0v) is 11.7. The Morgan fingerprint density at radius 3 is 2.63 bits per heavy atom. The van der Waals surface area contributed by atoms with E-state index in [0.717, 1.165) is 12.8 Å². The molecule has 3 atom stereocenters. The molecule has 2 rings (SSSR count). The molecule has 19 heavy (non-hydrogen) atoms. The van der Waals surface area contributed by atoms with E-state index in [2.05, 4.69) is 0 Å². The Morgan fingerprint density at radius 1 is 1.32 bits per heavy atom. The summed E-state index contributed by atoms with van der Waals surface area (Å²) in [7, 11) is -4.53. The summed E-state index contributed by atoms with van der Waals surface area (Å²) in [5.41, 5.74) is 0.280. The predicted molar refractivity (Wildman–Crippen MR) is 67.5 cm³/mol. The highest BCUT2D eigenvalue weighted by Gasteiger charge is 2.30. The summed E-state index contributed by atoms with van der Waals surface area (Å²) in [5.74, 6) is 0. The molecule has 0 N–H and O–H groups in total. The molecule has 0 amide bonds. The molecule has 3 unspecified atom stereocenters. The molecule has 6 heteroatoms. The SMILES string of the molecule is CCC1CC(C)OC(c2ccccc2S(=O)(=O)[O-])O1. The standard InChI is InChI=1S/C13H18O5S/c1-3-10-8-9(2)17-13(18-10)11-6-4-5-7-12(11)19(14,15)16/h4-7,9-10,13H,3,8H2,1-2H3,(H,14,15,16)/p-1. The first-order chi connectivity index (χ1) is 8.91. The van der Waals surface area contributed by atoms with Crippen LogP contribution in [-0.2, 0) is 19.6 Å². The van der Waals surface area contributed by atoms with E-state index in [1.807, 2.05) is 13.8 Å². The minimum absolute atomic E-state index is 0.0103. The Kier molecular flexibility index (Phi) is 4.25. The lowest BCUT2D eigenvalue weighted by Gasteiger charge is -2.35. The minimum atomic E-state index is -4.53. The van der Waals surface area contributed by atoms with Gasteiger partial charge in [-0.05, 0) is 25.8 Å². The summed E-state index contributed by atoms with van der Waals surface area (Å²) >= 11 is 0. The topological polar surface area (TPSA) is 75.7 Å². The van der Waals surface area contributed by atoms with Gasteiger partial charge < -0.3 is 14.0 Å². The normalized spacial score (nSPS) is 28.3. The van der Waals surface area contributed by atoms with Crippen LogP contribution in [0.4, 0.5) is 0 Å². The number of hydrogen-bond acceptors (Lipinski definition) is 5. The van der Waals surface area contributed by atoms with Crippen molar-refractivity contribution >= 4 is 10.1 Å².